The van der Waals surface area contributed by atoms with E-state index in [9.17, 15) is 4.79 Å². The van der Waals surface area contributed by atoms with Gasteiger partial charge >= 0.3 is 0 Å². The number of imidazole rings is 1. The number of hydrogen-bond donors (Lipinski definition) is 1. The summed E-state index contributed by atoms with van der Waals surface area (Å²) in [5.74, 6) is 0.0189. The van der Waals surface area contributed by atoms with Crippen molar-refractivity contribution in [2.75, 3.05) is 19.6 Å². The third kappa shape index (κ3) is 3.96. The molecule has 2 rings (SSSR count). The summed E-state index contributed by atoms with van der Waals surface area (Å²) in [5.41, 5.74) is 1.27. The van der Waals surface area contributed by atoms with Crippen LogP contribution in [0.5, 0.6) is 0 Å². The Balaban J connectivity index is 2.00. The van der Waals surface area contributed by atoms with E-state index in [1.165, 1.54) is 5.56 Å². The number of nitrogens with zero attached hydrogens (tertiary/aromatic N) is 3. The average Bonchev–Trinajstić information content (AvgIpc) is 3.23. The first-order valence-corrected chi connectivity index (χ1v) is 8.62. The average molecular weight is 320 g/mol. The number of carbonyl (C=O) groups excluding carboxylic acids is 1. The van der Waals surface area contributed by atoms with Crippen LogP contribution in [0.4, 0.5) is 0 Å². The number of likely N-dealkylation sites (N-methyl/N-ethyl adjacent to an activating group) is 1. The highest BCUT2D eigenvalue weighted by atomic mass is 32.1. The van der Waals surface area contributed by atoms with E-state index >= 15 is 0 Å². The molecule has 0 aromatic carbocycles. The SMILES string of the molecule is CCN(CC)[C@H](CNC(=O)[C@@H](C)n1ccnc1)c1ccsc1. The Labute approximate surface area is 136 Å². The smallest absolute Gasteiger partial charge is 0.242 e. The number of carbonyl (C=O) groups is 1. The molecule has 0 aliphatic rings. The third-order valence-corrected chi connectivity index (χ3v) is 4.70. The zero-order valence-corrected chi connectivity index (χ0v) is 14.2. The van der Waals surface area contributed by atoms with Crippen LogP contribution in [0.3, 0.4) is 0 Å². The summed E-state index contributed by atoms with van der Waals surface area (Å²) in [6, 6.07) is 2.11. The van der Waals surface area contributed by atoms with Gasteiger partial charge in [0.1, 0.15) is 6.04 Å². The Bertz CT molecular complexity index is 549. The molecular formula is C16H24N4OS. The molecule has 0 aliphatic carbocycles. The Morgan fingerprint density at radius 2 is 2.23 bits per heavy atom. The topological polar surface area (TPSA) is 50.2 Å². The summed E-state index contributed by atoms with van der Waals surface area (Å²) in [5, 5.41) is 7.33. The van der Waals surface area contributed by atoms with Gasteiger partial charge in [0.25, 0.3) is 0 Å². The third-order valence-electron chi connectivity index (χ3n) is 4.00. The van der Waals surface area contributed by atoms with Crippen LogP contribution in [-0.2, 0) is 4.79 Å². The number of hydrogen-bond acceptors (Lipinski definition) is 4. The van der Waals surface area contributed by atoms with E-state index in [0.29, 0.717) is 6.54 Å². The van der Waals surface area contributed by atoms with Gasteiger partial charge in [0, 0.05) is 18.9 Å². The molecule has 0 aliphatic heterocycles. The molecular weight excluding hydrogens is 296 g/mol. The predicted molar refractivity (Wildman–Crippen MR) is 89.9 cm³/mol. The summed E-state index contributed by atoms with van der Waals surface area (Å²) in [7, 11) is 0. The molecule has 0 radical (unpaired) electrons. The van der Waals surface area contributed by atoms with Gasteiger partial charge in [-0.15, -0.1) is 0 Å². The number of rotatable bonds is 8. The Kier molecular flexibility index (Phi) is 6.15. The molecule has 120 valence electrons. The van der Waals surface area contributed by atoms with Crippen molar-refractivity contribution in [1.82, 2.24) is 19.8 Å². The number of aromatic nitrogens is 2. The van der Waals surface area contributed by atoms with Crippen LogP contribution in [0.25, 0.3) is 0 Å². The zero-order valence-electron chi connectivity index (χ0n) is 13.4. The minimum atomic E-state index is -0.248. The van der Waals surface area contributed by atoms with Crippen LogP contribution in [0, 0.1) is 0 Å². The van der Waals surface area contributed by atoms with Gasteiger partial charge in [0.2, 0.25) is 5.91 Å². The first-order chi connectivity index (χ1) is 10.7. The molecule has 6 heteroatoms. The van der Waals surface area contributed by atoms with Crippen molar-refractivity contribution in [2.24, 2.45) is 0 Å². The molecule has 0 saturated heterocycles. The lowest BCUT2D eigenvalue weighted by Crippen LogP contribution is -2.40. The minimum Gasteiger partial charge on any atom is -0.352 e. The molecule has 22 heavy (non-hydrogen) atoms. The van der Waals surface area contributed by atoms with Crippen molar-refractivity contribution >= 4 is 17.2 Å². The second kappa shape index (κ2) is 8.10. The largest absolute Gasteiger partial charge is 0.352 e. The minimum absolute atomic E-state index is 0.0189. The summed E-state index contributed by atoms with van der Waals surface area (Å²) < 4.78 is 1.81. The molecule has 0 saturated carbocycles. The fourth-order valence-electron chi connectivity index (χ4n) is 2.57. The first kappa shape index (κ1) is 16.7. The lowest BCUT2D eigenvalue weighted by atomic mass is 10.1. The highest BCUT2D eigenvalue weighted by molar-refractivity contribution is 7.07. The molecule has 1 N–H and O–H groups in total. The van der Waals surface area contributed by atoms with Crippen molar-refractivity contribution in [2.45, 2.75) is 32.9 Å². The standard InChI is InChI=1S/C16H24N4OS/c1-4-19(5-2)15(14-6-9-22-11-14)10-18-16(21)13(3)20-8-7-17-12-20/h6-9,11-13,15H,4-5,10H2,1-3H3,(H,18,21)/t13-,15-/m1/s1. The fraction of sp³-hybridized carbons (Fsp3) is 0.500. The molecule has 2 heterocycles. The van der Waals surface area contributed by atoms with Gasteiger partial charge in [0.05, 0.1) is 12.4 Å². The lowest BCUT2D eigenvalue weighted by molar-refractivity contribution is -0.124. The van der Waals surface area contributed by atoms with E-state index < -0.39 is 0 Å². The summed E-state index contributed by atoms with van der Waals surface area (Å²) in [6.45, 7) is 8.73. The summed E-state index contributed by atoms with van der Waals surface area (Å²) in [6.07, 6.45) is 5.17. The van der Waals surface area contributed by atoms with Gasteiger partial charge in [-0.1, -0.05) is 13.8 Å². The number of amides is 1. The maximum atomic E-state index is 12.3. The molecule has 0 spiro atoms. The predicted octanol–water partition coefficient (Wildman–Crippen LogP) is 2.70. The first-order valence-electron chi connectivity index (χ1n) is 7.68. The van der Waals surface area contributed by atoms with E-state index in [0.717, 1.165) is 13.1 Å². The van der Waals surface area contributed by atoms with Crippen molar-refractivity contribution in [1.29, 1.82) is 0 Å². The molecule has 0 fully saturated rings. The maximum absolute atomic E-state index is 12.3. The number of thiophene rings is 1. The molecule has 5 nitrogen and oxygen atoms in total. The molecule has 2 atom stereocenters. The summed E-state index contributed by atoms with van der Waals surface area (Å²) >= 11 is 1.69. The second-order valence-corrected chi connectivity index (χ2v) is 6.00. The highest BCUT2D eigenvalue weighted by Gasteiger charge is 2.21. The highest BCUT2D eigenvalue weighted by Crippen LogP contribution is 2.22. The molecule has 2 aromatic rings. The zero-order chi connectivity index (χ0) is 15.9. The van der Waals surface area contributed by atoms with Gasteiger partial charge in [-0.3, -0.25) is 9.69 Å². The van der Waals surface area contributed by atoms with Gasteiger partial charge < -0.3 is 9.88 Å². The normalized spacial score (nSPS) is 14.0. The Morgan fingerprint density at radius 3 is 2.77 bits per heavy atom. The van der Waals surface area contributed by atoms with Crippen LogP contribution < -0.4 is 5.32 Å². The van der Waals surface area contributed by atoms with Gasteiger partial charge in [-0.05, 0) is 42.4 Å². The maximum Gasteiger partial charge on any atom is 0.242 e. The summed E-state index contributed by atoms with van der Waals surface area (Å²) in [4.78, 5) is 18.7. The lowest BCUT2D eigenvalue weighted by Gasteiger charge is -2.30. The quantitative estimate of drug-likeness (QED) is 0.813. The van der Waals surface area contributed by atoms with Crippen molar-refractivity contribution < 1.29 is 4.79 Å². The van der Waals surface area contributed by atoms with Crippen LogP contribution in [0.2, 0.25) is 0 Å². The van der Waals surface area contributed by atoms with Crippen LogP contribution >= 0.6 is 11.3 Å². The Morgan fingerprint density at radius 1 is 1.45 bits per heavy atom. The van der Waals surface area contributed by atoms with Crippen LogP contribution in [0.15, 0.2) is 35.5 Å². The van der Waals surface area contributed by atoms with Crippen molar-refractivity contribution in [3.8, 4) is 0 Å². The molecule has 1 amide bonds. The molecule has 2 aromatic heterocycles. The van der Waals surface area contributed by atoms with E-state index in [-0.39, 0.29) is 18.0 Å². The number of nitrogens with one attached hydrogen (secondary N) is 1. The van der Waals surface area contributed by atoms with E-state index in [2.05, 4.69) is 45.9 Å². The molecule has 0 bridgehead atoms. The van der Waals surface area contributed by atoms with Crippen molar-refractivity contribution in [3.63, 3.8) is 0 Å². The fourth-order valence-corrected chi connectivity index (χ4v) is 3.27. The van der Waals surface area contributed by atoms with Gasteiger partial charge in [0.15, 0.2) is 0 Å². The van der Waals surface area contributed by atoms with E-state index in [1.54, 1.807) is 23.9 Å². The van der Waals surface area contributed by atoms with E-state index in [1.807, 2.05) is 17.7 Å². The molecule has 0 unspecified atom stereocenters. The van der Waals surface area contributed by atoms with Crippen molar-refractivity contribution in [3.05, 3.63) is 41.1 Å². The Hall–Kier alpha value is -1.66. The van der Waals surface area contributed by atoms with Crippen LogP contribution in [0.1, 0.15) is 38.4 Å². The van der Waals surface area contributed by atoms with Gasteiger partial charge in [-0.2, -0.15) is 11.3 Å². The van der Waals surface area contributed by atoms with E-state index in [4.69, 9.17) is 0 Å². The van der Waals surface area contributed by atoms with Gasteiger partial charge in [-0.25, -0.2) is 4.98 Å². The van der Waals surface area contributed by atoms with Crippen LogP contribution in [-0.4, -0.2) is 40.0 Å². The monoisotopic (exact) mass is 320 g/mol. The second-order valence-electron chi connectivity index (χ2n) is 5.22.